The number of methoxy groups -OCH3 is 1. The van der Waals surface area contributed by atoms with Crippen LogP contribution in [0.15, 0.2) is 0 Å². The van der Waals surface area contributed by atoms with Gasteiger partial charge in [0.2, 0.25) is 0 Å². The van der Waals surface area contributed by atoms with Crippen LogP contribution in [0.25, 0.3) is 0 Å². The predicted octanol–water partition coefficient (Wildman–Crippen LogP) is 2.12. The summed E-state index contributed by atoms with van der Waals surface area (Å²) in [4.78, 5) is 11.8. The van der Waals surface area contributed by atoms with Gasteiger partial charge in [0.05, 0.1) is 12.2 Å². The molecule has 0 amide bonds. The van der Waals surface area contributed by atoms with Gasteiger partial charge in [-0.25, -0.2) is 0 Å². The molecule has 0 saturated carbocycles. The Bertz CT molecular complexity index is 229. The highest BCUT2D eigenvalue weighted by Crippen LogP contribution is 2.17. The van der Waals surface area contributed by atoms with Gasteiger partial charge < -0.3 is 14.8 Å². The molecule has 17 heavy (non-hydrogen) atoms. The highest BCUT2D eigenvalue weighted by Gasteiger charge is 2.29. The monoisotopic (exact) mass is 245 g/mol. The van der Waals surface area contributed by atoms with Crippen molar-refractivity contribution in [2.45, 2.75) is 65.1 Å². The summed E-state index contributed by atoms with van der Waals surface area (Å²) in [5, 5.41) is 3.29. The Hall–Kier alpha value is -0.610. The molecule has 0 aliphatic rings. The van der Waals surface area contributed by atoms with E-state index < -0.39 is 0 Å². The number of carbonyl (C=O) groups is 1. The molecule has 1 N–H and O–H groups in total. The molecule has 2 unspecified atom stereocenters. The highest BCUT2D eigenvalue weighted by atomic mass is 16.5. The normalized spacial score (nSPS) is 15.4. The maximum atomic E-state index is 11.8. The van der Waals surface area contributed by atoms with Crippen LogP contribution in [-0.2, 0) is 14.3 Å². The zero-order chi connectivity index (χ0) is 13.5. The first kappa shape index (κ1) is 16.4. The van der Waals surface area contributed by atoms with Crippen LogP contribution in [0, 0.1) is 0 Å². The lowest BCUT2D eigenvalue weighted by Gasteiger charge is -2.29. The number of carbonyl (C=O) groups excluding carboxylic acids is 1. The van der Waals surface area contributed by atoms with Crippen LogP contribution in [0.5, 0.6) is 0 Å². The van der Waals surface area contributed by atoms with Gasteiger partial charge in [-0.2, -0.15) is 0 Å². The van der Waals surface area contributed by atoms with Gasteiger partial charge in [0.25, 0.3) is 0 Å². The molecule has 0 aliphatic carbocycles. The summed E-state index contributed by atoms with van der Waals surface area (Å²) in [6.45, 7) is 10.3. The maximum absolute atomic E-state index is 11.8. The summed E-state index contributed by atoms with van der Waals surface area (Å²) < 4.78 is 10.4. The van der Waals surface area contributed by atoms with Crippen molar-refractivity contribution in [3.63, 3.8) is 0 Å². The van der Waals surface area contributed by atoms with E-state index in [9.17, 15) is 4.79 Å². The molecule has 0 heterocycles. The molecule has 0 aromatic rings. The molecule has 0 saturated heterocycles. The molecule has 4 nitrogen and oxygen atoms in total. The van der Waals surface area contributed by atoms with E-state index in [1.165, 1.54) is 0 Å². The van der Waals surface area contributed by atoms with Crippen LogP contribution in [0.1, 0.15) is 47.5 Å². The van der Waals surface area contributed by atoms with E-state index in [0.29, 0.717) is 13.0 Å². The van der Waals surface area contributed by atoms with E-state index in [2.05, 4.69) is 19.2 Å². The third kappa shape index (κ3) is 6.64. The van der Waals surface area contributed by atoms with Crippen molar-refractivity contribution in [3.8, 4) is 0 Å². The number of ether oxygens (including phenoxy) is 2. The van der Waals surface area contributed by atoms with Gasteiger partial charge in [-0.3, -0.25) is 4.79 Å². The van der Waals surface area contributed by atoms with Crippen molar-refractivity contribution < 1.29 is 14.3 Å². The Labute approximate surface area is 105 Å². The SMILES string of the molecule is CCOC(=O)C(CC(C)(C)OC)NC(C)CC. The minimum Gasteiger partial charge on any atom is -0.465 e. The molecule has 102 valence electrons. The average Bonchev–Trinajstić information content (AvgIpc) is 2.28. The number of hydrogen-bond donors (Lipinski definition) is 1. The zero-order valence-corrected chi connectivity index (χ0v) is 12.0. The van der Waals surface area contributed by atoms with E-state index in [1.807, 2.05) is 20.8 Å². The fourth-order valence-electron chi connectivity index (χ4n) is 1.49. The highest BCUT2D eigenvalue weighted by molar-refractivity contribution is 5.75. The lowest BCUT2D eigenvalue weighted by molar-refractivity contribution is -0.148. The number of esters is 1. The minimum atomic E-state index is -0.335. The van der Waals surface area contributed by atoms with E-state index in [1.54, 1.807) is 7.11 Å². The van der Waals surface area contributed by atoms with Gasteiger partial charge in [-0.1, -0.05) is 6.92 Å². The van der Waals surface area contributed by atoms with Crippen LogP contribution in [0.3, 0.4) is 0 Å². The van der Waals surface area contributed by atoms with Crippen LogP contribution < -0.4 is 5.32 Å². The maximum Gasteiger partial charge on any atom is 0.323 e. The third-order valence-corrected chi connectivity index (χ3v) is 2.92. The van der Waals surface area contributed by atoms with Crippen LogP contribution >= 0.6 is 0 Å². The molecule has 0 aromatic carbocycles. The fourth-order valence-corrected chi connectivity index (χ4v) is 1.49. The molecular weight excluding hydrogens is 218 g/mol. The Morgan fingerprint density at radius 2 is 1.94 bits per heavy atom. The van der Waals surface area contributed by atoms with Crippen molar-refractivity contribution in [1.82, 2.24) is 5.32 Å². The summed E-state index contributed by atoms with van der Waals surface area (Å²) in [5.41, 5.74) is -0.335. The molecule has 4 heteroatoms. The predicted molar refractivity (Wildman–Crippen MR) is 69.0 cm³/mol. The van der Waals surface area contributed by atoms with E-state index in [4.69, 9.17) is 9.47 Å². The Kier molecular flexibility index (Phi) is 7.39. The molecule has 0 fully saturated rings. The first-order valence-corrected chi connectivity index (χ1v) is 6.34. The van der Waals surface area contributed by atoms with Gasteiger partial charge >= 0.3 is 5.97 Å². The zero-order valence-electron chi connectivity index (χ0n) is 12.0. The minimum absolute atomic E-state index is 0.196. The molecule has 0 bridgehead atoms. The van der Waals surface area contributed by atoms with Crippen molar-refractivity contribution in [3.05, 3.63) is 0 Å². The summed E-state index contributed by atoms with van der Waals surface area (Å²) in [5.74, 6) is -0.196. The van der Waals surface area contributed by atoms with Gasteiger partial charge in [-0.05, 0) is 34.1 Å². The lowest BCUT2D eigenvalue weighted by Crippen LogP contribution is -2.47. The molecule has 2 atom stereocenters. The lowest BCUT2D eigenvalue weighted by atomic mass is 9.98. The smallest absolute Gasteiger partial charge is 0.323 e. The fraction of sp³-hybridized carbons (Fsp3) is 0.923. The second kappa shape index (κ2) is 7.67. The summed E-state index contributed by atoms with van der Waals surface area (Å²) in [7, 11) is 1.66. The van der Waals surface area contributed by atoms with Gasteiger partial charge in [-0.15, -0.1) is 0 Å². The Balaban J connectivity index is 4.55. The number of nitrogens with one attached hydrogen (secondary N) is 1. The number of hydrogen-bond acceptors (Lipinski definition) is 4. The molecule has 0 aliphatic heterocycles. The first-order chi connectivity index (χ1) is 7.86. The molecule has 0 rings (SSSR count). The van der Waals surface area contributed by atoms with E-state index in [-0.39, 0.29) is 23.7 Å². The van der Waals surface area contributed by atoms with Crippen molar-refractivity contribution in [2.24, 2.45) is 0 Å². The summed E-state index contributed by atoms with van der Waals surface area (Å²) in [6, 6.07) is -0.0167. The second-order valence-corrected chi connectivity index (χ2v) is 4.95. The van der Waals surface area contributed by atoms with Crippen LogP contribution in [0.2, 0.25) is 0 Å². The molecular formula is C13H27NO3. The van der Waals surface area contributed by atoms with E-state index in [0.717, 1.165) is 6.42 Å². The standard InChI is InChI=1S/C13H27NO3/c1-7-10(3)14-11(12(15)17-8-2)9-13(4,5)16-6/h10-11,14H,7-9H2,1-6H3. The largest absolute Gasteiger partial charge is 0.465 e. The van der Waals surface area contributed by atoms with Crippen LogP contribution in [-0.4, -0.2) is 37.4 Å². The summed E-state index contributed by atoms with van der Waals surface area (Å²) >= 11 is 0. The third-order valence-electron chi connectivity index (χ3n) is 2.92. The van der Waals surface area contributed by atoms with Gasteiger partial charge in [0.15, 0.2) is 0 Å². The molecule has 0 spiro atoms. The average molecular weight is 245 g/mol. The van der Waals surface area contributed by atoms with Crippen molar-refractivity contribution in [2.75, 3.05) is 13.7 Å². The van der Waals surface area contributed by atoms with Gasteiger partial charge in [0.1, 0.15) is 6.04 Å². The van der Waals surface area contributed by atoms with Crippen molar-refractivity contribution in [1.29, 1.82) is 0 Å². The van der Waals surface area contributed by atoms with Gasteiger partial charge in [0, 0.05) is 19.6 Å². The quantitative estimate of drug-likeness (QED) is 0.665. The Morgan fingerprint density at radius 1 is 1.35 bits per heavy atom. The Morgan fingerprint density at radius 3 is 2.35 bits per heavy atom. The topological polar surface area (TPSA) is 47.6 Å². The summed E-state index contributed by atoms with van der Waals surface area (Å²) in [6.07, 6.45) is 1.58. The molecule has 0 radical (unpaired) electrons. The van der Waals surface area contributed by atoms with Crippen molar-refractivity contribution >= 4 is 5.97 Å². The second-order valence-electron chi connectivity index (χ2n) is 4.95. The van der Waals surface area contributed by atoms with E-state index >= 15 is 0 Å². The number of rotatable bonds is 8. The first-order valence-electron chi connectivity index (χ1n) is 6.34. The van der Waals surface area contributed by atoms with Crippen LogP contribution in [0.4, 0.5) is 0 Å². The molecule has 0 aromatic heterocycles.